The van der Waals surface area contributed by atoms with E-state index in [2.05, 4.69) is 4.37 Å². The Morgan fingerprint density at radius 2 is 1.90 bits per heavy atom. The number of halogens is 2. The quantitative estimate of drug-likeness (QED) is 0.894. The molecule has 0 aliphatic carbocycles. The Balaban J connectivity index is 2.51. The van der Waals surface area contributed by atoms with E-state index in [9.17, 15) is 22.0 Å². The molecule has 2 N–H and O–H groups in total. The lowest BCUT2D eigenvalue weighted by atomic mass is 10.2. The molecule has 0 saturated carbocycles. The molecular weight excluding hydrogens is 326 g/mol. The van der Waals surface area contributed by atoms with Crippen LogP contribution in [0.1, 0.15) is 16.1 Å². The highest BCUT2D eigenvalue weighted by Gasteiger charge is 2.27. The predicted molar refractivity (Wildman–Crippen MR) is 71.0 cm³/mol. The highest BCUT2D eigenvalue weighted by molar-refractivity contribution is 7.93. The molecule has 0 bridgehead atoms. The van der Waals surface area contributed by atoms with E-state index in [1.807, 2.05) is 4.72 Å². The Labute approximate surface area is 122 Å². The van der Waals surface area contributed by atoms with Crippen LogP contribution in [0.15, 0.2) is 23.1 Å². The van der Waals surface area contributed by atoms with E-state index in [-0.39, 0.29) is 16.3 Å². The van der Waals surface area contributed by atoms with Gasteiger partial charge < -0.3 is 5.11 Å². The summed E-state index contributed by atoms with van der Waals surface area (Å²) in [6.45, 7) is 1.38. The number of anilines is 1. The first-order valence-electron chi connectivity index (χ1n) is 5.40. The third-order valence-corrected chi connectivity index (χ3v) is 4.87. The first-order valence-corrected chi connectivity index (χ1v) is 7.66. The predicted octanol–water partition coefficient (Wildman–Crippen LogP) is 2.23. The molecule has 2 aromatic rings. The van der Waals surface area contributed by atoms with Crippen molar-refractivity contribution in [1.82, 2.24) is 4.37 Å². The Morgan fingerprint density at radius 1 is 1.33 bits per heavy atom. The van der Waals surface area contributed by atoms with Crippen LogP contribution < -0.4 is 4.72 Å². The summed E-state index contributed by atoms with van der Waals surface area (Å²) in [5, 5.41) is 8.68. The molecule has 21 heavy (non-hydrogen) atoms. The monoisotopic (exact) mass is 334 g/mol. The van der Waals surface area contributed by atoms with Gasteiger partial charge in [-0.25, -0.2) is 22.0 Å². The standard InChI is InChI=1S/C11H8F2N2O4S2/c1-5-8(11(16)17)10(20-14-5)15-21(18,19)9-6(12)3-2-4-7(9)13/h2-4,15H,1H3,(H,16,17). The van der Waals surface area contributed by atoms with Crippen molar-refractivity contribution in [2.24, 2.45) is 0 Å². The maximum Gasteiger partial charge on any atom is 0.340 e. The fourth-order valence-corrected chi connectivity index (χ4v) is 3.83. The SMILES string of the molecule is Cc1nsc(NS(=O)(=O)c2c(F)cccc2F)c1C(=O)O. The van der Waals surface area contributed by atoms with Gasteiger partial charge in [-0.3, -0.25) is 4.72 Å². The lowest BCUT2D eigenvalue weighted by molar-refractivity contribution is 0.0697. The Bertz CT molecular complexity index is 797. The van der Waals surface area contributed by atoms with E-state index < -0.39 is 32.5 Å². The average Bonchev–Trinajstić information content (AvgIpc) is 2.68. The van der Waals surface area contributed by atoms with Crippen LogP contribution in [-0.2, 0) is 10.0 Å². The van der Waals surface area contributed by atoms with Gasteiger partial charge in [0.2, 0.25) is 0 Å². The Morgan fingerprint density at radius 3 is 2.43 bits per heavy atom. The molecule has 6 nitrogen and oxygen atoms in total. The van der Waals surface area contributed by atoms with Crippen molar-refractivity contribution < 1.29 is 27.1 Å². The summed E-state index contributed by atoms with van der Waals surface area (Å²) in [6, 6.07) is 2.59. The number of aryl methyl sites for hydroxylation is 1. The minimum absolute atomic E-state index is 0.0965. The van der Waals surface area contributed by atoms with Gasteiger partial charge in [-0.15, -0.1) is 0 Å². The molecule has 0 aliphatic heterocycles. The Kier molecular flexibility index (Phi) is 3.92. The number of rotatable bonds is 4. The van der Waals surface area contributed by atoms with Gasteiger partial charge in [0.05, 0.1) is 5.69 Å². The molecule has 1 heterocycles. The number of carboxylic acid groups (broad SMARTS) is 1. The third kappa shape index (κ3) is 2.85. The highest BCUT2D eigenvalue weighted by Crippen LogP contribution is 2.28. The smallest absolute Gasteiger partial charge is 0.340 e. The van der Waals surface area contributed by atoms with Crippen LogP contribution in [0, 0.1) is 18.6 Å². The van der Waals surface area contributed by atoms with Crippen molar-refractivity contribution in [1.29, 1.82) is 0 Å². The number of nitrogens with zero attached hydrogens (tertiary/aromatic N) is 1. The van der Waals surface area contributed by atoms with Gasteiger partial charge in [0.15, 0.2) is 4.90 Å². The topological polar surface area (TPSA) is 96.4 Å². The van der Waals surface area contributed by atoms with Crippen LogP contribution in [0.5, 0.6) is 0 Å². The van der Waals surface area contributed by atoms with Gasteiger partial charge in [-0.05, 0) is 30.6 Å². The second kappa shape index (κ2) is 5.37. The molecule has 0 aliphatic rings. The number of benzene rings is 1. The van der Waals surface area contributed by atoms with Crippen LogP contribution in [0.2, 0.25) is 0 Å². The number of carboxylic acids is 1. The fraction of sp³-hybridized carbons (Fsp3) is 0.0909. The van der Waals surface area contributed by atoms with E-state index >= 15 is 0 Å². The number of hydrogen-bond acceptors (Lipinski definition) is 5. The summed E-state index contributed by atoms with van der Waals surface area (Å²) >= 11 is 0.572. The second-order valence-corrected chi connectivity index (χ2v) is 6.33. The van der Waals surface area contributed by atoms with Gasteiger partial charge >= 0.3 is 5.97 Å². The van der Waals surface area contributed by atoms with Crippen molar-refractivity contribution in [3.63, 3.8) is 0 Å². The molecule has 0 radical (unpaired) electrons. The zero-order valence-corrected chi connectivity index (χ0v) is 12.1. The van der Waals surface area contributed by atoms with Crippen LogP contribution in [0.3, 0.4) is 0 Å². The zero-order valence-electron chi connectivity index (χ0n) is 10.4. The molecule has 0 unspecified atom stereocenters. The number of aromatic carboxylic acids is 1. The summed E-state index contributed by atoms with van der Waals surface area (Å²) in [6.07, 6.45) is 0. The maximum atomic E-state index is 13.5. The number of carbonyl (C=O) groups is 1. The second-order valence-electron chi connectivity index (χ2n) is 3.93. The summed E-state index contributed by atoms with van der Waals surface area (Å²) < 4.78 is 56.7. The van der Waals surface area contributed by atoms with Crippen LogP contribution >= 0.6 is 11.5 Å². The fourth-order valence-electron chi connectivity index (χ4n) is 1.60. The molecule has 0 spiro atoms. The van der Waals surface area contributed by atoms with Crippen molar-refractivity contribution >= 4 is 32.5 Å². The van der Waals surface area contributed by atoms with Crippen molar-refractivity contribution in [2.45, 2.75) is 11.8 Å². The molecule has 1 aromatic carbocycles. The van der Waals surface area contributed by atoms with Crippen LogP contribution in [0.25, 0.3) is 0 Å². The molecule has 10 heteroatoms. The van der Waals surface area contributed by atoms with E-state index in [0.29, 0.717) is 11.5 Å². The minimum atomic E-state index is -4.61. The zero-order chi connectivity index (χ0) is 15.8. The molecule has 2 rings (SSSR count). The van der Waals surface area contributed by atoms with Crippen LogP contribution in [-0.4, -0.2) is 23.9 Å². The highest BCUT2D eigenvalue weighted by atomic mass is 32.2. The number of hydrogen-bond donors (Lipinski definition) is 2. The van der Waals surface area contributed by atoms with Gasteiger partial charge in [0, 0.05) is 0 Å². The van der Waals surface area contributed by atoms with Crippen molar-refractivity contribution in [3.8, 4) is 0 Å². The molecule has 112 valence electrons. The maximum absolute atomic E-state index is 13.5. The summed E-state index contributed by atoms with van der Waals surface area (Å²) in [5.74, 6) is -3.95. The van der Waals surface area contributed by atoms with E-state index in [0.717, 1.165) is 18.2 Å². The summed E-state index contributed by atoms with van der Waals surface area (Å²) in [5.41, 5.74) is -0.264. The van der Waals surface area contributed by atoms with E-state index in [4.69, 9.17) is 5.11 Å². The number of sulfonamides is 1. The van der Waals surface area contributed by atoms with E-state index in [1.165, 1.54) is 6.92 Å². The molecule has 0 fully saturated rings. The van der Waals surface area contributed by atoms with Crippen molar-refractivity contribution in [3.05, 3.63) is 41.1 Å². The van der Waals surface area contributed by atoms with Crippen molar-refractivity contribution in [2.75, 3.05) is 4.72 Å². The molecular formula is C11H8F2N2O4S2. The minimum Gasteiger partial charge on any atom is -0.478 e. The average molecular weight is 334 g/mol. The molecule has 0 saturated heterocycles. The van der Waals surface area contributed by atoms with Crippen LogP contribution in [0.4, 0.5) is 13.8 Å². The lowest BCUT2D eigenvalue weighted by Crippen LogP contribution is -2.17. The number of aromatic nitrogens is 1. The normalized spacial score (nSPS) is 11.4. The van der Waals surface area contributed by atoms with Gasteiger partial charge in [0.25, 0.3) is 10.0 Å². The third-order valence-electron chi connectivity index (χ3n) is 2.49. The van der Waals surface area contributed by atoms with Gasteiger partial charge in [-0.2, -0.15) is 4.37 Å². The molecule has 1 aromatic heterocycles. The number of nitrogens with one attached hydrogen (secondary N) is 1. The summed E-state index contributed by atoms with van der Waals surface area (Å²) in [4.78, 5) is 9.87. The van der Waals surface area contributed by atoms with E-state index in [1.54, 1.807) is 0 Å². The van der Waals surface area contributed by atoms with Gasteiger partial charge in [-0.1, -0.05) is 6.07 Å². The van der Waals surface area contributed by atoms with Gasteiger partial charge in [0.1, 0.15) is 22.2 Å². The molecule has 0 atom stereocenters. The first kappa shape index (κ1) is 15.3. The lowest BCUT2D eigenvalue weighted by Gasteiger charge is -2.08. The molecule has 0 amide bonds. The largest absolute Gasteiger partial charge is 0.478 e. The summed E-state index contributed by atoms with van der Waals surface area (Å²) in [7, 11) is -4.61. The first-order chi connectivity index (χ1) is 9.74. The Hall–Kier alpha value is -2.07.